The standard InChI is InChI=1S/C18H18N4O3/c1-11-4-6-12(7-5-11)14-15-16(25-21-14)17(20-10-19-15)22-8-2-3-13(9-22)18(23)24/h4-7,10,13H,2-3,8-9H2,1H3,(H,23,24). The third-order valence-electron chi connectivity index (χ3n) is 4.63. The van der Waals surface area contributed by atoms with E-state index >= 15 is 0 Å². The number of nitrogens with zero attached hydrogens (tertiary/aromatic N) is 4. The quantitative estimate of drug-likeness (QED) is 0.785. The average Bonchev–Trinajstić information content (AvgIpc) is 3.06. The van der Waals surface area contributed by atoms with Crippen molar-refractivity contribution in [3.8, 4) is 11.3 Å². The molecule has 1 aliphatic heterocycles. The molecule has 0 saturated carbocycles. The summed E-state index contributed by atoms with van der Waals surface area (Å²) in [6.45, 7) is 3.19. The number of rotatable bonds is 3. The first kappa shape index (κ1) is 15.6. The Hall–Kier alpha value is -2.96. The van der Waals surface area contributed by atoms with Gasteiger partial charge in [0.1, 0.15) is 17.5 Å². The van der Waals surface area contributed by atoms with Gasteiger partial charge < -0.3 is 14.5 Å². The second-order valence-corrected chi connectivity index (χ2v) is 6.40. The summed E-state index contributed by atoms with van der Waals surface area (Å²) < 4.78 is 5.55. The molecule has 3 heterocycles. The Balaban J connectivity index is 1.74. The number of fused-ring (bicyclic) bond motifs is 1. The highest BCUT2D eigenvalue weighted by atomic mass is 16.5. The van der Waals surface area contributed by atoms with Crippen LogP contribution in [0.1, 0.15) is 18.4 Å². The van der Waals surface area contributed by atoms with Crippen molar-refractivity contribution in [2.75, 3.05) is 18.0 Å². The molecule has 7 heteroatoms. The summed E-state index contributed by atoms with van der Waals surface area (Å²) in [6, 6.07) is 7.99. The Morgan fingerprint density at radius 1 is 1.28 bits per heavy atom. The van der Waals surface area contributed by atoms with Gasteiger partial charge in [0, 0.05) is 18.7 Å². The summed E-state index contributed by atoms with van der Waals surface area (Å²) in [4.78, 5) is 21.9. The highest BCUT2D eigenvalue weighted by molar-refractivity contribution is 5.93. The minimum atomic E-state index is -0.770. The van der Waals surface area contributed by atoms with E-state index in [0.717, 1.165) is 18.5 Å². The second-order valence-electron chi connectivity index (χ2n) is 6.40. The van der Waals surface area contributed by atoms with Crippen LogP contribution >= 0.6 is 0 Å². The topological polar surface area (TPSA) is 92.4 Å². The third-order valence-corrected chi connectivity index (χ3v) is 4.63. The number of carboxylic acids is 1. The molecule has 3 aromatic rings. The van der Waals surface area contributed by atoms with Crippen molar-refractivity contribution in [2.45, 2.75) is 19.8 Å². The number of aryl methyl sites for hydroxylation is 1. The molecule has 1 saturated heterocycles. The van der Waals surface area contributed by atoms with E-state index in [-0.39, 0.29) is 0 Å². The fourth-order valence-corrected chi connectivity index (χ4v) is 3.25. The van der Waals surface area contributed by atoms with Crippen molar-refractivity contribution in [2.24, 2.45) is 5.92 Å². The summed E-state index contributed by atoms with van der Waals surface area (Å²) in [6.07, 6.45) is 2.98. The lowest BCUT2D eigenvalue weighted by Crippen LogP contribution is -2.39. The molecular formula is C18H18N4O3. The Morgan fingerprint density at radius 3 is 2.84 bits per heavy atom. The van der Waals surface area contributed by atoms with E-state index in [4.69, 9.17) is 4.52 Å². The molecule has 0 bridgehead atoms. The van der Waals surface area contributed by atoms with E-state index in [0.29, 0.717) is 35.6 Å². The highest BCUT2D eigenvalue weighted by Gasteiger charge is 2.28. The Kier molecular flexibility index (Phi) is 3.83. The summed E-state index contributed by atoms with van der Waals surface area (Å²) in [5, 5.41) is 13.5. The van der Waals surface area contributed by atoms with Gasteiger partial charge in [-0.05, 0) is 19.8 Å². The van der Waals surface area contributed by atoms with Gasteiger partial charge in [-0.15, -0.1) is 0 Å². The zero-order valence-corrected chi connectivity index (χ0v) is 13.8. The van der Waals surface area contributed by atoms with Crippen LogP contribution in [0.15, 0.2) is 35.1 Å². The molecule has 2 aromatic heterocycles. The SMILES string of the molecule is Cc1ccc(-c2noc3c(N4CCCC(C(=O)O)C4)ncnc23)cc1. The van der Waals surface area contributed by atoms with Crippen molar-refractivity contribution in [3.63, 3.8) is 0 Å². The maximum Gasteiger partial charge on any atom is 0.308 e. The molecule has 0 radical (unpaired) electrons. The van der Waals surface area contributed by atoms with Gasteiger partial charge in [0.2, 0.25) is 5.58 Å². The molecule has 25 heavy (non-hydrogen) atoms. The van der Waals surface area contributed by atoms with Gasteiger partial charge in [-0.1, -0.05) is 35.0 Å². The number of anilines is 1. The van der Waals surface area contributed by atoms with E-state index < -0.39 is 11.9 Å². The van der Waals surface area contributed by atoms with Crippen molar-refractivity contribution in [3.05, 3.63) is 36.2 Å². The van der Waals surface area contributed by atoms with Crippen LogP contribution in [0.2, 0.25) is 0 Å². The first-order valence-electron chi connectivity index (χ1n) is 8.28. The zero-order valence-electron chi connectivity index (χ0n) is 13.8. The van der Waals surface area contributed by atoms with Crippen LogP contribution in [-0.4, -0.2) is 39.3 Å². The van der Waals surface area contributed by atoms with Crippen LogP contribution in [0.3, 0.4) is 0 Å². The number of aromatic nitrogens is 3. The monoisotopic (exact) mass is 338 g/mol. The van der Waals surface area contributed by atoms with Crippen molar-refractivity contribution in [1.29, 1.82) is 0 Å². The molecular weight excluding hydrogens is 320 g/mol. The summed E-state index contributed by atoms with van der Waals surface area (Å²) >= 11 is 0. The molecule has 1 unspecified atom stereocenters. The summed E-state index contributed by atoms with van der Waals surface area (Å²) in [7, 11) is 0. The van der Waals surface area contributed by atoms with Gasteiger partial charge in [0.25, 0.3) is 0 Å². The number of hydrogen-bond acceptors (Lipinski definition) is 6. The molecule has 0 spiro atoms. The lowest BCUT2D eigenvalue weighted by Gasteiger charge is -2.31. The van der Waals surface area contributed by atoms with E-state index in [2.05, 4.69) is 15.1 Å². The van der Waals surface area contributed by atoms with Crippen molar-refractivity contribution < 1.29 is 14.4 Å². The van der Waals surface area contributed by atoms with Gasteiger partial charge in [0.05, 0.1) is 5.92 Å². The number of piperidine rings is 1. The average molecular weight is 338 g/mol. The minimum absolute atomic E-state index is 0.391. The largest absolute Gasteiger partial charge is 0.481 e. The second kappa shape index (κ2) is 6.16. The molecule has 0 aliphatic carbocycles. The molecule has 1 atom stereocenters. The Labute approximate surface area is 144 Å². The molecule has 1 aliphatic rings. The molecule has 4 rings (SSSR count). The van der Waals surface area contributed by atoms with Crippen LogP contribution in [0.5, 0.6) is 0 Å². The smallest absolute Gasteiger partial charge is 0.308 e. The predicted molar refractivity (Wildman–Crippen MR) is 92.3 cm³/mol. The number of carbonyl (C=O) groups is 1. The Morgan fingerprint density at radius 2 is 2.08 bits per heavy atom. The first-order chi connectivity index (χ1) is 12.1. The fourth-order valence-electron chi connectivity index (χ4n) is 3.25. The van der Waals surface area contributed by atoms with Crippen LogP contribution in [0.25, 0.3) is 22.4 Å². The molecule has 128 valence electrons. The van der Waals surface area contributed by atoms with Gasteiger partial charge in [-0.2, -0.15) is 0 Å². The Bertz CT molecular complexity index is 920. The minimum Gasteiger partial charge on any atom is -0.481 e. The lowest BCUT2D eigenvalue weighted by molar-refractivity contribution is -0.141. The van der Waals surface area contributed by atoms with E-state index in [1.54, 1.807) is 0 Å². The first-order valence-corrected chi connectivity index (χ1v) is 8.28. The van der Waals surface area contributed by atoms with Crippen LogP contribution in [0, 0.1) is 12.8 Å². The molecule has 0 amide bonds. The number of hydrogen-bond donors (Lipinski definition) is 1. The summed E-state index contributed by atoms with van der Waals surface area (Å²) in [5.41, 5.74) is 3.91. The molecule has 1 N–H and O–H groups in total. The predicted octanol–water partition coefficient (Wildman–Crippen LogP) is 2.89. The normalized spacial score (nSPS) is 17.8. The number of benzene rings is 1. The van der Waals surface area contributed by atoms with Gasteiger partial charge in [0.15, 0.2) is 5.82 Å². The lowest BCUT2D eigenvalue weighted by atomic mass is 9.98. The van der Waals surface area contributed by atoms with Crippen molar-refractivity contribution >= 4 is 22.9 Å². The highest BCUT2D eigenvalue weighted by Crippen LogP contribution is 2.32. The zero-order chi connectivity index (χ0) is 17.4. The van der Waals surface area contributed by atoms with Crippen molar-refractivity contribution in [1.82, 2.24) is 15.1 Å². The number of carboxylic acid groups (broad SMARTS) is 1. The van der Waals surface area contributed by atoms with E-state index in [9.17, 15) is 9.90 Å². The van der Waals surface area contributed by atoms with Crippen LogP contribution < -0.4 is 4.90 Å². The number of aliphatic carboxylic acids is 1. The maximum absolute atomic E-state index is 11.3. The fraction of sp³-hybridized carbons (Fsp3) is 0.333. The van der Waals surface area contributed by atoms with Crippen LogP contribution in [0.4, 0.5) is 5.82 Å². The van der Waals surface area contributed by atoms with Crippen LogP contribution in [-0.2, 0) is 4.79 Å². The van der Waals surface area contributed by atoms with E-state index in [1.807, 2.05) is 36.1 Å². The third kappa shape index (κ3) is 2.82. The maximum atomic E-state index is 11.3. The molecule has 1 fully saturated rings. The molecule has 7 nitrogen and oxygen atoms in total. The van der Waals surface area contributed by atoms with Gasteiger partial charge in [-0.3, -0.25) is 4.79 Å². The van der Waals surface area contributed by atoms with E-state index in [1.165, 1.54) is 11.9 Å². The van der Waals surface area contributed by atoms with Gasteiger partial charge >= 0.3 is 5.97 Å². The van der Waals surface area contributed by atoms with Gasteiger partial charge in [-0.25, -0.2) is 9.97 Å². The summed E-state index contributed by atoms with van der Waals surface area (Å²) in [5.74, 6) is -0.548. The molecule has 1 aromatic carbocycles.